The lowest BCUT2D eigenvalue weighted by Crippen LogP contribution is -2.35. The number of carbonyl (C=O) groups is 1. The van der Waals surface area contributed by atoms with E-state index in [-0.39, 0.29) is 17.8 Å². The second kappa shape index (κ2) is 9.96. The second-order valence-corrected chi connectivity index (χ2v) is 8.63. The van der Waals surface area contributed by atoms with Crippen LogP contribution in [0.4, 0.5) is 26.1 Å². The SMILES string of the molecule is CC(=O)Nc1cc(Nc2cc(C)nc(C(C)(F)F)n2)c(-c2ccc([C@@H]3CN(C)CCO3)cn2)cn1. The molecule has 3 aromatic rings. The van der Waals surface area contributed by atoms with Crippen molar-refractivity contribution in [2.75, 3.05) is 37.4 Å². The number of nitrogens with zero attached hydrogens (tertiary/aromatic N) is 5. The Bertz CT molecular complexity index is 1220. The Kier molecular flexibility index (Phi) is 6.99. The lowest BCUT2D eigenvalue weighted by Gasteiger charge is -2.30. The topological polar surface area (TPSA) is 105 Å². The maximum atomic E-state index is 13.9. The lowest BCUT2D eigenvalue weighted by molar-refractivity contribution is -0.114. The molecule has 0 aromatic carbocycles. The number of nitrogens with one attached hydrogen (secondary N) is 2. The van der Waals surface area contributed by atoms with E-state index in [0.717, 1.165) is 25.6 Å². The van der Waals surface area contributed by atoms with Gasteiger partial charge in [0.15, 0.2) is 0 Å². The first-order valence-electron chi connectivity index (χ1n) is 11.1. The van der Waals surface area contributed by atoms with Gasteiger partial charge >= 0.3 is 5.92 Å². The molecule has 4 rings (SSSR count). The molecular formula is C24H27F2N7O2. The van der Waals surface area contributed by atoms with Gasteiger partial charge in [-0.1, -0.05) is 6.07 Å². The van der Waals surface area contributed by atoms with Gasteiger partial charge in [-0.25, -0.2) is 15.0 Å². The van der Waals surface area contributed by atoms with Crippen molar-refractivity contribution in [2.24, 2.45) is 0 Å². The van der Waals surface area contributed by atoms with Gasteiger partial charge in [0.25, 0.3) is 0 Å². The van der Waals surface area contributed by atoms with Gasteiger partial charge in [-0.15, -0.1) is 0 Å². The van der Waals surface area contributed by atoms with Gasteiger partial charge in [-0.2, -0.15) is 8.78 Å². The Morgan fingerprint density at radius 3 is 2.63 bits per heavy atom. The van der Waals surface area contributed by atoms with Gasteiger partial charge in [-0.05, 0) is 20.0 Å². The molecule has 1 amide bonds. The molecule has 11 heteroatoms. The van der Waals surface area contributed by atoms with Crippen LogP contribution in [0.1, 0.15) is 37.0 Å². The summed E-state index contributed by atoms with van der Waals surface area (Å²) in [6.45, 7) is 6.05. The fraction of sp³-hybridized carbons (Fsp3) is 0.375. The van der Waals surface area contributed by atoms with E-state index in [1.165, 1.54) is 6.92 Å². The van der Waals surface area contributed by atoms with Crippen LogP contribution in [0.25, 0.3) is 11.3 Å². The number of hydrogen-bond acceptors (Lipinski definition) is 8. The monoisotopic (exact) mass is 483 g/mol. The molecule has 35 heavy (non-hydrogen) atoms. The van der Waals surface area contributed by atoms with Crippen molar-refractivity contribution in [3.8, 4) is 11.3 Å². The van der Waals surface area contributed by atoms with Gasteiger partial charge < -0.3 is 20.3 Å². The molecule has 1 aliphatic rings. The van der Waals surface area contributed by atoms with Crippen LogP contribution in [0.3, 0.4) is 0 Å². The third-order valence-corrected chi connectivity index (χ3v) is 5.42. The number of anilines is 3. The highest BCUT2D eigenvalue weighted by Gasteiger charge is 2.29. The number of alkyl halides is 2. The van der Waals surface area contributed by atoms with Crippen molar-refractivity contribution in [1.82, 2.24) is 24.8 Å². The van der Waals surface area contributed by atoms with Crippen molar-refractivity contribution in [3.05, 3.63) is 53.7 Å². The molecule has 1 saturated heterocycles. The summed E-state index contributed by atoms with van der Waals surface area (Å²) in [5, 5.41) is 5.70. The normalized spacial score (nSPS) is 16.7. The Labute approximate surface area is 202 Å². The predicted molar refractivity (Wildman–Crippen MR) is 128 cm³/mol. The van der Waals surface area contributed by atoms with Gasteiger partial charge in [0.05, 0.1) is 24.1 Å². The van der Waals surface area contributed by atoms with E-state index in [9.17, 15) is 13.6 Å². The minimum atomic E-state index is -3.20. The lowest BCUT2D eigenvalue weighted by atomic mass is 10.1. The smallest absolute Gasteiger partial charge is 0.303 e. The predicted octanol–water partition coefficient (Wildman–Crippen LogP) is 4.06. The summed E-state index contributed by atoms with van der Waals surface area (Å²) in [6.07, 6.45) is 3.25. The Morgan fingerprint density at radius 2 is 1.97 bits per heavy atom. The number of aromatic nitrogens is 4. The molecule has 1 fully saturated rings. The number of aryl methyl sites for hydroxylation is 1. The van der Waals surface area contributed by atoms with Crippen LogP contribution < -0.4 is 10.6 Å². The molecule has 9 nitrogen and oxygen atoms in total. The molecule has 0 unspecified atom stereocenters. The van der Waals surface area contributed by atoms with Gasteiger partial charge in [0, 0.05) is 68.3 Å². The summed E-state index contributed by atoms with van der Waals surface area (Å²) >= 11 is 0. The largest absolute Gasteiger partial charge is 0.371 e. The minimum Gasteiger partial charge on any atom is -0.371 e. The fourth-order valence-electron chi connectivity index (χ4n) is 3.71. The highest BCUT2D eigenvalue weighted by molar-refractivity contribution is 5.89. The van der Waals surface area contributed by atoms with Crippen molar-refractivity contribution < 1.29 is 18.3 Å². The summed E-state index contributed by atoms with van der Waals surface area (Å²) in [6, 6.07) is 6.96. The number of halogens is 2. The first-order chi connectivity index (χ1) is 16.6. The summed E-state index contributed by atoms with van der Waals surface area (Å²) in [7, 11) is 2.05. The summed E-state index contributed by atoms with van der Waals surface area (Å²) < 4.78 is 33.6. The number of ether oxygens (including phenoxy) is 1. The molecule has 0 bridgehead atoms. The zero-order valence-electron chi connectivity index (χ0n) is 20.0. The van der Waals surface area contributed by atoms with Crippen molar-refractivity contribution in [3.63, 3.8) is 0 Å². The highest BCUT2D eigenvalue weighted by atomic mass is 19.3. The van der Waals surface area contributed by atoms with Gasteiger partial charge in [0.2, 0.25) is 11.7 Å². The van der Waals surface area contributed by atoms with Crippen LogP contribution in [0, 0.1) is 6.92 Å². The number of amides is 1. The molecular weight excluding hydrogens is 456 g/mol. The zero-order chi connectivity index (χ0) is 25.2. The van der Waals surface area contributed by atoms with Crippen LogP contribution >= 0.6 is 0 Å². The number of hydrogen-bond donors (Lipinski definition) is 2. The van der Waals surface area contributed by atoms with Gasteiger partial charge in [-0.3, -0.25) is 9.78 Å². The molecule has 4 heterocycles. The quantitative estimate of drug-likeness (QED) is 0.541. The zero-order valence-corrected chi connectivity index (χ0v) is 20.0. The van der Waals surface area contributed by atoms with Gasteiger partial charge in [0.1, 0.15) is 11.6 Å². The van der Waals surface area contributed by atoms with Crippen LogP contribution in [0.2, 0.25) is 0 Å². The molecule has 3 aromatic heterocycles. The van der Waals surface area contributed by atoms with E-state index in [2.05, 4.69) is 35.5 Å². The van der Waals surface area contributed by atoms with Crippen molar-refractivity contribution >= 4 is 23.2 Å². The molecule has 0 aliphatic carbocycles. The molecule has 1 aliphatic heterocycles. The van der Waals surface area contributed by atoms with E-state index in [4.69, 9.17) is 4.74 Å². The van der Waals surface area contributed by atoms with Crippen LogP contribution in [-0.2, 0) is 15.5 Å². The molecule has 0 radical (unpaired) electrons. The molecule has 1 atom stereocenters. The van der Waals surface area contributed by atoms with Crippen LogP contribution in [0.15, 0.2) is 36.7 Å². The summed E-state index contributed by atoms with van der Waals surface area (Å²) in [5.41, 5.74) is 3.04. The number of pyridine rings is 2. The van der Waals surface area contributed by atoms with Crippen LogP contribution in [0.5, 0.6) is 0 Å². The fourth-order valence-corrected chi connectivity index (χ4v) is 3.71. The first kappa shape index (κ1) is 24.6. The maximum absolute atomic E-state index is 13.9. The van der Waals surface area contributed by atoms with Crippen molar-refractivity contribution in [2.45, 2.75) is 32.8 Å². The first-order valence-corrected chi connectivity index (χ1v) is 11.1. The Morgan fingerprint density at radius 1 is 1.17 bits per heavy atom. The number of likely N-dealkylation sites (N-methyl/N-ethyl adjacent to an activating group) is 1. The van der Waals surface area contributed by atoms with E-state index >= 15 is 0 Å². The Hall–Kier alpha value is -3.57. The molecule has 2 N–H and O–H groups in total. The third-order valence-electron chi connectivity index (χ3n) is 5.42. The summed E-state index contributed by atoms with van der Waals surface area (Å²) in [4.78, 5) is 30.5. The average molecular weight is 484 g/mol. The molecule has 0 spiro atoms. The average Bonchev–Trinajstić information content (AvgIpc) is 2.78. The van der Waals surface area contributed by atoms with Crippen LogP contribution in [-0.4, -0.2) is 57.5 Å². The minimum absolute atomic E-state index is 0.0636. The van der Waals surface area contributed by atoms with E-state index in [0.29, 0.717) is 35.1 Å². The van der Waals surface area contributed by atoms with E-state index < -0.39 is 11.7 Å². The van der Waals surface area contributed by atoms with E-state index in [1.54, 1.807) is 31.5 Å². The number of morpholine rings is 1. The van der Waals surface area contributed by atoms with Crippen molar-refractivity contribution in [1.29, 1.82) is 0 Å². The second-order valence-electron chi connectivity index (χ2n) is 8.63. The standard InChI is InChI=1S/C24H27F2N7O2/c1-14-9-22(32-23(29-14)24(3,25)26)31-19-10-21(30-15(2)34)28-12-17(19)18-6-5-16(11-27-18)20-13-33(4)7-8-35-20/h5-6,9-12,20H,7-8,13H2,1-4H3,(H2,28,29,30,31,32,34)/t20-/m0/s1. The summed E-state index contributed by atoms with van der Waals surface area (Å²) in [5.74, 6) is -3.59. The maximum Gasteiger partial charge on any atom is 0.303 e. The van der Waals surface area contributed by atoms with E-state index in [1.807, 2.05) is 19.2 Å². The number of rotatable bonds is 6. The number of carbonyl (C=O) groups excluding carboxylic acids is 1. The Balaban J connectivity index is 1.69. The molecule has 184 valence electrons. The third kappa shape index (κ3) is 6.11. The highest BCUT2D eigenvalue weighted by Crippen LogP contribution is 2.32. The molecule has 0 saturated carbocycles.